The third-order valence-electron chi connectivity index (χ3n) is 3.95. The van der Waals surface area contributed by atoms with Gasteiger partial charge in [-0.1, -0.05) is 23.4 Å². The number of nitrogens with zero attached hydrogens (tertiary/aromatic N) is 1. The number of halogens is 1. The molecule has 0 spiro atoms. The number of methoxy groups -OCH3 is 2. The molecule has 0 aliphatic carbocycles. The van der Waals surface area contributed by atoms with Crippen molar-refractivity contribution in [2.24, 2.45) is 10.8 Å². The third-order valence-corrected chi connectivity index (χ3v) is 4.26. The number of rotatable bonds is 7. The van der Waals surface area contributed by atoms with Gasteiger partial charge in [-0.25, -0.2) is 5.43 Å². The van der Waals surface area contributed by atoms with Crippen LogP contribution in [0, 0.1) is 11.8 Å². The summed E-state index contributed by atoms with van der Waals surface area (Å²) in [5, 5.41) is 22.2. The van der Waals surface area contributed by atoms with Crippen LogP contribution in [-0.4, -0.2) is 48.6 Å². The Morgan fingerprint density at radius 2 is 2.03 bits per heavy atom. The molecule has 0 saturated heterocycles. The zero-order chi connectivity index (χ0) is 23.0. The second-order valence-electron chi connectivity index (χ2n) is 6.12. The lowest BCUT2D eigenvalue weighted by Gasteiger charge is -2.10. The van der Waals surface area contributed by atoms with Gasteiger partial charge >= 0.3 is 5.97 Å². The Labute approximate surface area is 183 Å². The summed E-state index contributed by atoms with van der Waals surface area (Å²) >= 11 is 5.80. The number of carboxylic acids is 1. The summed E-state index contributed by atoms with van der Waals surface area (Å²) in [5.41, 5.74) is 8.99. The van der Waals surface area contributed by atoms with Crippen molar-refractivity contribution >= 4 is 29.7 Å². The summed E-state index contributed by atoms with van der Waals surface area (Å²) in [4.78, 5) is 23.0. The molecule has 0 aliphatic heterocycles. The summed E-state index contributed by atoms with van der Waals surface area (Å²) < 4.78 is 10.6. The number of phenols is 1. The van der Waals surface area contributed by atoms with Crippen molar-refractivity contribution in [1.82, 2.24) is 5.43 Å². The van der Waals surface area contributed by atoms with E-state index in [1.54, 1.807) is 12.1 Å². The number of carbonyl (C=O) groups excluding carboxylic acids is 1. The van der Waals surface area contributed by atoms with E-state index in [1.165, 1.54) is 38.6 Å². The Morgan fingerprint density at radius 1 is 1.29 bits per heavy atom. The van der Waals surface area contributed by atoms with Gasteiger partial charge in [0.1, 0.15) is 11.8 Å². The predicted octanol–water partition coefficient (Wildman–Crippen LogP) is 1.98. The van der Waals surface area contributed by atoms with Crippen molar-refractivity contribution in [3.05, 3.63) is 52.0 Å². The topological polar surface area (TPSA) is 143 Å². The fourth-order valence-electron chi connectivity index (χ4n) is 2.37. The first-order valence-corrected chi connectivity index (χ1v) is 9.19. The number of carbonyl (C=O) groups is 2. The number of phenolic OH excluding ortho intramolecular Hbond substituents is 1. The zero-order valence-corrected chi connectivity index (χ0v) is 17.4. The maximum absolute atomic E-state index is 12.2. The van der Waals surface area contributed by atoms with Gasteiger partial charge in [0.05, 0.1) is 31.0 Å². The second-order valence-corrected chi connectivity index (χ2v) is 6.53. The van der Waals surface area contributed by atoms with E-state index >= 15 is 0 Å². The largest absolute Gasteiger partial charge is 0.506 e. The number of aromatic hydroxyl groups is 1. The molecule has 1 amide bonds. The van der Waals surface area contributed by atoms with Crippen LogP contribution in [0.5, 0.6) is 17.2 Å². The molecule has 10 heteroatoms. The van der Waals surface area contributed by atoms with Crippen molar-refractivity contribution in [2.45, 2.75) is 12.5 Å². The van der Waals surface area contributed by atoms with Crippen molar-refractivity contribution in [1.29, 1.82) is 0 Å². The van der Waals surface area contributed by atoms with Crippen molar-refractivity contribution < 1.29 is 29.3 Å². The molecule has 0 heterocycles. The van der Waals surface area contributed by atoms with Crippen LogP contribution in [0.3, 0.4) is 0 Å². The standard InChI is InChI=1S/C21H20ClN3O6/c1-30-18-9-12(8-13(19(18)31-2)4-3-5-16(23)21(28)29)11-24-25-20(27)14-6-7-17(26)15(22)10-14/h6-11,16,26H,5,23H2,1-2H3,(H,25,27)(H,28,29)/b24-11+. The lowest BCUT2D eigenvalue weighted by atomic mass is 10.1. The van der Waals surface area contributed by atoms with Crippen LogP contribution >= 0.6 is 11.6 Å². The summed E-state index contributed by atoms with van der Waals surface area (Å²) in [5.74, 6) is 4.44. The van der Waals surface area contributed by atoms with E-state index in [1.807, 2.05) is 0 Å². The summed E-state index contributed by atoms with van der Waals surface area (Å²) in [7, 11) is 2.90. The molecule has 1 unspecified atom stereocenters. The molecular weight excluding hydrogens is 426 g/mol. The van der Waals surface area contributed by atoms with Gasteiger partial charge in [0, 0.05) is 12.0 Å². The zero-order valence-electron chi connectivity index (χ0n) is 16.7. The van der Waals surface area contributed by atoms with E-state index in [-0.39, 0.29) is 22.8 Å². The highest BCUT2D eigenvalue weighted by atomic mass is 35.5. The summed E-state index contributed by atoms with van der Waals surface area (Å²) in [6.07, 6.45) is 1.32. The molecule has 0 fully saturated rings. The van der Waals surface area contributed by atoms with Gasteiger partial charge in [0.2, 0.25) is 0 Å². The maximum Gasteiger partial charge on any atom is 0.321 e. The fraction of sp³-hybridized carbons (Fsp3) is 0.190. The number of nitrogens with one attached hydrogen (secondary N) is 1. The van der Waals surface area contributed by atoms with Crippen molar-refractivity contribution in [3.8, 4) is 29.1 Å². The molecule has 5 N–H and O–H groups in total. The van der Waals surface area contributed by atoms with Crippen LogP contribution in [0.15, 0.2) is 35.4 Å². The van der Waals surface area contributed by atoms with Gasteiger partial charge < -0.3 is 25.4 Å². The van der Waals surface area contributed by atoms with Crippen LogP contribution in [0.25, 0.3) is 0 Å². The van der Waals surface area contributed by atoms with Crippen LogP contribution < -0.4 is 20.6 Å². The van der Waals surface area contributed by atoms with E-state index < -0.39 is 17.9 Å². The Balaban J connectivity index is 2.23. The van der Waals surface area contributed by atoms with Crippen LogP contribution in [-0.2, 0) is 4.79 Å². The highest BCUT2D eigenvalue weighted by Crippen LogP contribution is 2.31. The number of aliphatic carboxylic acids is 1. The molecule has 0 aromatic heterocycles. The van der Waals surface area contributed by atoms with Crippen LogP contribution in [0.4, 0.5) is 0 Å². The Kier molecular flexibility index (Phi) is 8.25. The molecule has 0 aliphatic rings. The SMILES string of the molecule is COc1cc(/C=N/NC(=O)c2ccc(O)c(Cl)c2)cc(C#CCC(N)C(=O)O)c1OC. The highest BCUT2D eigenvalue weighted by molar-refractivity contribution is 6.32. The molecule has 0 radical (unpaired) electrons. The predicted molar refractivity (Wildman–Crippen MR) is 115 cm³/mol. The van der Waals surface area contributed by atoms with Gasteiger partial charge in [-0.15, -0.1) is 0 Å². The molecule has 31 heavy (non-hydrogen) atoms. The van der Waals surface area contributed by atoms with Gasteiger partial charge in [-0.05, 0) is 35.9 Å². The molecule has 1 atom stereocenters. The minimum atomic E-state index is -1.15. The Morgan fingerprint density at radius 3 is 2.65 bits per heavy atom. The van der Waals surface area contributed by atoms with Gasteiger partial charge in [0.15, 0.2) is 11.5 Å². The van der Waals surface area contributed by atoms with E-state index in [9.17, 15) is 14.7 Å². The number of ether oxygens (including phenoxy) is 2. The van der Waals surface area contributed by atoms with Crippen LogP contribution in [0.1, 0.15) is 27.9 Å². The smallest absolute Gasteiger partial charge is 0.321 e. The quantitative estimate of drug-likeness (QED) is 0.290. The van der Waals surface area contributed by atoms with Crippen molar-refractivity contribution in [2.75, 3.05) is 14.2 Å². The van der Waals surface area contributed by atoms with E-state index in [0.717, 1.165) is 0 Å². The number of hydrazone groups is 1. The molecule has 0 bridgehead atoms. The third kappa shape index (κ3) is 6.37. The number of hydrogen-bond donors (Lipinski definition) is 4. The number of carboxylic acid groups (broad SMARTS) is 1. The fourth-order valence-corrected chi connectivity index (χ4v) is 2.56. The monoisotopic (exact) mass is 445 g/mol. The molecule has 162 valence electrons. The van der Waals surface area contributed by atoms with Crippen LogP contribution in [0.2, 0.25) is 5.02 Å². The first-order chi connectivity index (χ1) is 14.8. The van der Waals surface area contributed by atoms with E-state index in [2.05, 4.69) is 22.4 Å². The average Bonchev–Trinajstić information content (AvgIpc) is 2.74. The highest BCUT2D eigenvalue weighted by Gasteiger charge is 2.12. The Bertz CT molecular complexity index is 1070. The molecular formula is C21H20ClN3O6. The normalized spacial score (nSPS) is 11.4. The number of amides is 1. The average molecular weight is 446 g/mol. The van der Waals surface area contributed by atoms with E-state index in [4.69, 9.17) is 31.9 Å². The second kappa shape index (κ2) is 10.9. The lowest BCUT2D eigenvalue weighted by molar-refractivity contribution is -0.138. The minimum absolute atomic E-state index is 0.0438. The number of nitrogens with two attached hydrogens (primary N) is 1. The maximum atomic E-state index is 12.2. The first-order valence-electron chi connectivity index (χ1n) is 8.82. The number of hydrogen-bond acceptors (Lipinski definition) is 7. The lowest BCUT2D eigenvalue weighted by Crippen LogP contribution is -2.29. The van der Waals surface area contributed by atoms with Gasteiger partial charge in [-0.3, -0.25) is 9.59 Å². The number of benzene rings is 2. The van der Waals surface area contributed by atoms with E-state index in [0.29, 0.717) is 22.6 Å². The minimum Gasteiger partial charge on any atom is -0.506 e. The molecule has 2 rings (SSSR count). The summed E-state index contributed by atoms with van der Waals surface area (Å²) in [6.45, 7) is 0. The molecule has 9 nitrogen and oxygen atoms in total. The first kappa shape index (κ1) is 23.5. The molecule has 0 saturated carbocycles. The van der Waals surface area contributed by atoms with Crippen molar-refractivity contribution in [3.63, 3.8) is 0 Å². The van der Waals surface area contributed by atoms with Gasteiger partial charge in [-0.2, -0.15) is 5.10 Å². The molecule has 2 aromatic rings. The Hall–Kier alpha value is -3.74. The van der Waals surface area contributed by atoms with Gasteiger partial charge in [0.25, 0.3) is 5.91 Å². The summed E-state index contributed by atoms with van der Waals surface area (Å²) in [6, 6.07) is 6.17. The molecule has 2 aromatic carbocycles.